The molecule has 96 valence electrons. The van der Waals surface area contributed by atoms with Gasteiger partial charge in [0, 0.05) is 6.54 Å². The number of ether oxygens (including phenoxy) is 1. The minimum Gasteiger partial charge on any atom is -0.377 e. The summed E-state index contributed by atoms with van der Waals surface area (Å²) in [4.78, 5) is 10.7. The number of aromatic nitrogens is 4. The van der Waals surface area contributed by atoms with E-state index < -0.39 is 0 Å². The van der Waals surface area contributed by atoms with Gasteiger partial charge in [-0.1, -0.05) is 6.92 Å². The predicted molar refractivity (Wildman–Crippen MR) is 68.3 cm³/mol. The largest absolute Gasteiger partial charge is 0.377 e. The Labute approximate surface area is 104 Å². The van der Waals surface area contributed by atoms with Crippen LogP contribution in [0.4, 0.5) is 11.8 Å². The van der Waals surface area contributed by atoms with Crippen LogP contribution in [-0.2, 0) is 4.74 Å². The van der Waals surface area contributed by atoms with Gasteiger partial charge >= 0.3 is 0 Å². The molecule has 1 fully saturated rings. The summed E-state index contributed by atoms with van der Waals surface area (Å²) in [5, 5.41) is 7.75. The number of rotatable bonds is 2. The van der Waals surface area contributed by atoms with Gasteiger partial charge in [0.1, 0.15) is 5.82 Å². The van der Waals surface area contributed by atoms with Crippen molar-refractivity contribution in [3.05, 3.63) is 6.20 Å². The second kappa shape index (κ2) is 4.41. The van der Waals surface area contributed by atoms with Gasteiger partial charge in [0.05, 0.1) is 30.8 Å². The van der Waals surface area contributed by atoms with Crippen LogP contribution in [0.3, 0.4) is 0 Å². The summed E-state index contributed by atoms with van der Waals surface area (Å²) in [5.41, 5.74) is 6.43. The van der Waals surface area contributed by atoms with E-state index in [0.29, 0.717) is 18.3 Å². The van der Waals surface area contributed by atoms with Crippen molar-refractivity contribution in [2.24, 2.45) is 0 Å². The highest BCUT2D eigenvalue weighted by Crippen LogP contribution is 2.26. The van der Waals surface area contributed by atoms with Crippen LogP contribution in [0.25, 0.3) is 11.0 Å². The van der Waals surface area contributed by atoms with Crippen LogP contribution in [0, 0.1) is 0 Å². The van der Waals surface area contributed by atoms with Gasteiger partial charge in [0.2, 0.25) is 5.95 Å². The SMILES string of the molecule is CCC1COCCN1c1nc(N)nc2[nH]ncc12. The van der Waals surface area contributed by atoms with E-state index in [1.165, 1.54) is 0 Å². The van der Waals surface area contributed by atoms with Crippen LogP contribution < -0.4 is 10.6 Å². The zero-order valence-corrected chi connectivity index (χ0v) is 10.3. The molecule has 1 unspecified atom stereocenters. The molecule has 1 saturated heterocycles. The summed E-state index contributed by atoms with van der Waals surface area (Å²) in [6.07, 6.45) is 2.75. The fourth-order valence-electron chi connectivity index (χ4n) is 2.33. The summed E-state index contributed by atoms with van der Waals surface area (Å²) in [5.74, 6) is 1.12. The number of H-pyrrole nitrogens is 1. The topological polar surface area (TPSA) is 93.0 Å². The van der Waals surface area contributed by atoms with Crippen LogP contribution in [-0.4, -0.2) is 46.0 Å². The lowest BCUT2D eigenvalue weighted by Gasteiger charge is -2.36. The van der Waals surface area contributed by atoms with Crippen molar-refractivity contribution in [1.29, 1.82) is 0 Å². The lowest BCUT2D eigenvalue weighted by Crippen LogP contribution is -2.45. The standard InChI is InChI=1S/C11H16N6O/c1-2-7-6-18-4-3-17(7)10-8-5-13-16-9(8)14-11(12)15-10/h5,7H,2-4,6H2,1H3,(H3,12,13,14,15,16). The van der Waals surface area contributed by atoms with Gasteiger partial charge in [-0.2, -0.15) is 15.1 Å². The zero-order valence-electron chi connectivity index (χ0n) is 10.3. The van der Waals surface area contributed by atoms with E-state index >= 15 is 0 Å². The summed E-state index contributed by atoms with van der Waals surface area (Å²) in [6, 6.07) is 0.325. The van der Waals surface area contributed by atoms with E-state index in [2.05, 4.69) is 32.0 Å². The van der Waals surface area contributed by atoms with Gasteiger partial charge in [0.25, 0.3) is 0 Å². The molecule has 1 atom stereocenters. The lowest BCUT2D eigenvalue weighted by molar-refractivity contribution is 0.0927. The molecule has 0 aromatic carbocycles. The third kappa shape index (κ3) is 1.76. The van der Waals surface area contributed by atoms with Gasteiger partial charge in [-0.05, 0) is 6.42 Å². The first-order valence-electron chi connectivity index (χ1n) is 6.10. The number of hydrogen-bond acceptors (Lipinski definition) is 6. The quantitative estimate of drug-likeness (QED) is 0.806. The Balaban J connectivity index is 2.08. The Morgan fingerprint density at radius 1 is 1.56 bits per heavy atom. The highest BCUT2D eigenvalue weighted by Gasteiger charge is 2.25. The minimum atomic E-state index is 0.267. The van der Waals surface area contributed by atoms with E-state index in [9.17, 15) is 0 Å². The van der Waals surface area contributed by atoms with Gasteiger partial charge in [-0.25, -0.2) is 0 Å². The molecule has 3 rings (SSSR count). The van der Waals surface area contributed by atoms with Crippen LogP contribution in [0.5, 0.6) is 0 Å². The van der Waals surface area contributed by atoms with E-state index in [1.54, 1.807) is 6.20 Å². The number of nitrogens with zero attached hydrogens (tertiary/aromatic N) is 4. The molecule has 3 heterocycles. The molecule has 1 aliphatic rings. The number of aromatic amines is 1. The Morgan fingerprint density at radius 3 is 3.28 bits per heavy atom. The van der Waals surface area contributed by atoms with Crippen molar-refractivity contribution in [2.75, 3.05) is 30.4 Å². The molecule has 1 aliphatic heterocycles. The van der Waals surface area contributed by atoms with Crippen molar-refractivity contribution in [2.45, 2.75) is 19.4 Å². The zero-order chi connectivity index (χ0) is 12.5. The molecule has 3 N–H and O–H groups in total. The number of nitrogens with two attached hydrogens (primary N) is 1. The van der Waals surface area contributed by atoms with E-state index in [1.807, 2.05) is 0 Å². The minimum absolute atomic E-state index is 0.267. The third-order valence-electron chi connectivity index (χ3n) is 3.28. The number of nitrogens with one attached hydrogen (secondary N) is 1. The van der Waals surface area contributed by atoms with Crippen LogP contribution in [0.1, 0.15) is 13.3 Å². The fourth-order valence-corrected chi connectivity index (χ4v) is 2.33. The molecule has 18 heavy (non-hydrogen) atoms. The Kier molecular flexibility index (Phi) is 2.75. The molecule has 7 heteroatoms. The molecule has 2 aromatic heterocycles. The van der Waals surface area contributed by atoms with Crippen molar-refractivity contribution >= 4 is 22.8 Å². The smallest absolute Gasteiger partial charge is 0.224 e. The van der Waals surface area contributed by atoms with Crippen molar-refractivity contribution in [1.82, 2.24) is 20.2 Å². The van der Waals surface area contributed by atoms with Crippen molar-refractivity contribution < 1.29 is 4.74 Å². The van der Waals surface area contributed by atoms with E-state index in [-0.39, 0.29) is 5.95 Å². The Hall–Kier alpha value is -1.89. The van der Waals surface area contributed by atoms with Crippen molar-refractivity contribution in [3.8, 4) is 0 Å². The monoisotopic (exact) mass is 248 g/mol. The molecule has 0 bridgehead atoms. The molecule has 2 aromatic rings. The van der Waals surface area contributed by atoms with Crippen LogP contribution in [0.2, 0.25) is 0 Å². The second-order valence-electron chi connectivity index (χ2n) is 4.37. The maximum atomic E-state index is 5.75. The third-order valence-corrected chi connectivity index (χ3v) is 3.28. The van der Waals surface area contributed by atoms with Crippen LogP contribution in [0.15, 0.2) is 6.20 Å². The molecule has 0 amide bonds. The van der Waals surface area contributed by atoms with Crippen LogP contribution >= 0.6 is 0 Å². The molecule has 0 spiro atoms. The highest BCUT2D eigenvalue weighted by atomic mass is 16.5. The van der Waals surface area contributed by atoms with Gasteiger partial charge in [0.15, 0.2) is 5.65 Å². The molecule has 7 nitrogen and oxygen atoms in total. The average Bonchev–Trinajstić information content (AvgIpc) is 2.85. The number of morpholine rings is 1. The molecule has 0 saturated carbocycles. The first-order chi connectivity index (χ1) is 8.79. The number of fused-ring (bicyclic) bond motifs is 1. The molecular weight excluding hydrogens is 232 g/mol. The maximum absolute atomic E-state index is 5.75. The Bertz CT molecular complexity index is 553. The van der Waals surface area contributed by atoms with Crippen molar-refractivity contribution in [3.63, 3.8) is 0 Å². The summed E-state index contributed by atoms with van der Waals surface area (Å²) in [7, 11) is 0. The summed E-state index contributed by atoms with van der Waals surface area (Å²) in [6.45, 7) is 4.39. The number of nitrogen functional groups attached to an aromatic ring is 1. The van der Waals surface area contributed by atoms with Gasteiger partial charge in [-0.15, -0.1) is 0 Å². The first-order valence-corrected chi connectivity index (χ1v) is 6.10. The maximum Gasteiger partial charge on any atom is 0.224 e. The highest BCUT2D eigenvalue weighted by molar-refractivity contribution is 5.87. The molecule has 0 radical (unpaired) electrons. The number of anilines is 2. The van der Waals surface area contributed by atoms with Gasteiger partial charge in [-0.3, -0.25) is 5.10 Å². The summed E-state index contributed by atoms with van der Waals surface area (Å²) < 4.78 is 5.51. The second-order valence-corrected chi connectivity index (χ2v) is 4.37. The van der Waals surface area contributed by atoms with Gasteiger partial charge < -0.3 is 15.4 Å². The molecule has 0 aliphatic carbocycles. The normalized spacial score (nSPS) is 20.5. The lowest BCUT2D eigenvalue weighted by atomic mass is 10.1. The van der Waals surface area contributed by atoms with E-state index in [0.717, 1.165) is 30.8 Å². The molecular formula is C11H16N6O. The average molecular weight is 248 g/mol. The Morgan fingerprint density at radius 2 is 2.44 bits per heavy atom. The summed E-state index contributed by atoms with van der Waals surface area (Å²) >= 11 is 0. The first kappa shape index (κ1) is 11.2. The predicted octanol–water partition coefficient (Wildman–Crippen LogP) is 0.550. The van der Waals surface area contributed by atoms with E-state index in [4.69, 9.17) is 10.5 Å². The fraction of sp³-hybridized carbons (Fsp3) is 0.545. The number of hydrogen-bond donors (Lipinski definition) is 2.